The maximum atomic E-state index is 11.0. The first kappa shape index (κ1) is 20.9. The van der Waals surface area contributed by atoms with E-state index in [0.717, 1.165) is 19.3 Å². The number of unbranched alkanes of at least 4 members (excludes halogenated alkanes) is 13. The SMILES string of the molecule is CCCCCCCCCCCCCCCCC(=O)OC(=O)O. The smallest absolute Gasteiger partial charge is 0.449 e. The summed E-state index contributed by atoms with van der Waals surface area (Å²) in [5.41, 5.74) is 0. The average Bonchev–Trinajstić information content (AvgIpc) is 2.47. The highest BCUT2D eigenvalue weighted by atomic mass is 16.7. The van der Waals surface area contributed by atoms with Gasteiger partial charge in [-0.25, -0.2) is 4.79 Å². The zero-order valence-electron chi connectivity index (χ0n) is 14.3. The van der Waals surface area contributed by atoms with Crippen molar-refractivity contribution in [3.8, 4) is 0 Å². The topological polar surface area (TPSA) is 63.6 Å². The first-order valence-electron chi connectivity index (χ1n) is 9.10. The van der Waals surface area contributed by atoms with E-state index in [1.165, 1.54) is 70.6 Å². The molecule has 0 radical (unpaired) electrons. The van der Waals surface area contributed by atoms with Gasteiger partial charge in [-0.2, -0.15) is 0 Å². The molecule has 0 aliphatic rings. The first-order valence-corrected chi connectivity index (χ1v) is 9.10. The van der Waals surface area contributed by atoms with E-state index in [2.05, 4.69) is 11.7 Å². The Balaban J connectivity index is 3.08. The van der Waals surface area contributed by atoms with Crippen LogP contribution in [0.5, 0.6) is 0 Å². The molecule has 0 spiro atoms. The Hall–Kier alpha value is -1.06. The van der Waals surface area contributed by atoms with Gasteiger partial charge in [0.05, 0.1) is 0 Å². The number of carbonyl (C=O) groups excluding carboxylic acids is 1. The van der Waals surface area contributed by atoms with Gasteiger partial charge in [-0.1, -0.05) is 90.4 Å². The zero-order chi connectivity index (χ0) is 16.5. The summed E-state index contributed by atoms with van der Waals surface area (Å²) in [5, 5.41) is 8.26. The van der Waals surface area contributed by atoms with E-state index in [1.807, 2.05) is 0 Å². The molecule has 0 unspecified atom stereocenters. The van der Waals surface area contributed by atoms with Crippen molar-refractivity contribution < 1.29 is 19.4 Å². The molecular weight excluding hydrogens is 280 g/mol. The summed E-state index contributed by atoms with van der Waals surface area (Å²) in [6.45, 7) is 2.25. The molecule has 0 aliphatic carbocycles. The van der Waals surface area contributed by atoms with Crippen molar-refractivity contribution in [2.45, 2.75) is 103 Å². The van der Waals surface area contributed by atoms with Crippen LogP contribution in [0.15, 0.2) is 0 Å². The largest absolute Gasteiger partial charge is 0.513 e. The maximum absolute atomic E-state index is 11.0. The van der Waals surface area contributed by atoms with Crippen LogP contribution < -0.4 is 0 Å². The Morgan fingerprint density at radius 3 is 1.41 bits per heavy atom. The lowest BCUT2D eigenvalue weighted by Gasteiger charge is -2.03. The summed E-state index contributed by atoms with van der Waals surface area (Å²) >= 11 is 0. The van der Waals surface area contributed by atoms with Gasteiger partial charge in [0.2, 0.25) is 0 Å². The molecule has 22 heavy (non-hydrogen) atoms. The van der Waals surface area contributed by atoms with Crippen LogP contribution in [0, 0.1) is 0 Å². The quantitative estimate of drug-likeness (QED) is 0.226. The molecule has 0 aromatic carbocycles. The van der Waals surface area contributed by atoms with E-state index in [9.17, 15) is 9.59 Å². The van der Waals surface area contributed by atoms with Crippen LogP contribution in [0.2, 0.25) is 0 Å². The molecule has 1 N–H and O–H groups in total. The Kier molecular flexibility index (Phi) is 15.5. The van der Waals surface area contributed by atoms with E-state index in [1.54, 1.807) is 0 Å². The summed E-state index contributed by atoms with van der Waals surface area (Å²) < 4.78 is 4.04. The third kappa shape index (κ3) is 17.0. The minimum Gasteiger partial charge on any atom is -0.449 e. The molecule has 0 bridgehead atoms. The van der Waals surface area contributed by atoms with Crippen LogP contribution in [0.3, 0.4) is 0 Å². The van der Waals surface area contributed by atoms with Crippen molar-refractivity contribution >= 4 is 12.1 Å². The average molecular weight is 314 g/mol. The van der Waals surface area contributed by atoms with Gasteiger partial charge in [-0.05, 0) is 6.42 Å². The molecule has 0 aromatic rings. The number of hydrogen-bond acceptors (Lipinski definition) is 3. The van der Waals surface area contributed by atoms with E-state index in [4.69, 9.17) is 5.11 Å². The normalized spacial score (nSPS) is 10.6. The lowest BCUT2D eigenvalue weighted by molar-refractivity contribution is -0.139. The Morgan fingerprint density at radius 2 is 1.05 bits per heavy atom. The first-order chi connectivity index (χ1) is 10.7. The van der Waals surface area contributed by atoms with E-state index in [-0.39, 0.29) is 6.42 Å². The van der Waals surface area contributed by atoms with E-state index in [0.29, 0.717) is 0 Å². The van der Waals surface area contributed by atoms with Crippen molar-refractivity contribution in [1.82, 2.24) is 0 Å². The van der Waals surface area contributed by atoms with Crippen LogP contribution >= 0.6 is 0 Å². The van der Waals surface area contributed by atoms with Gasteiger partial charge in [0.1, 0.15) is 0 Å². The molecule has 0 amide bonds. The summed E-state index contributed by atoms with van der Waals surface area (Å²) in [5.74, 6) is -0.633. The molecule has 0 saturated carbocycles. The third-order valence-corrected chi connectivity index (χ3v) is 3.94. The summed E-state index contributed by atoms with van der Waals surface area (Å²) in [4.78, 5) is 21.1. The standard InChI is InChI=1S/C18H34O4/c1-2-3-4-5-6-7-8-9-10-11-12-13-14-15-16-17(19)22-18(20)21/h2-16H2,1H3,(H,20,21). The summed E-state index contributed by atoms with van der Waals surface area (Å²) in [6, 6.07) is 0. The number of hydrogen-bond donors (Lipinski definition) is 1. The Morgan fingerprint density at radius 1 is 0.682 bits per heavy atom. The molecule has 130 valence electrons. The molecule has 4 nitrogen and oxygen atoms in total. The van der Waals surface area contributed by atoms with E-state index >= 15 is 0 Å². The van der Waals surface area contributed by atoms with Crippen molar-refractivity contribution in [1.29, 1.82) is 0 Å². The van der Waals surface area contributed by atoms with Crippen LogP contribution in [0.1, 0.15) is 103 Å². The van der Waals surface area contributed by atoms with Gasteiger partial charge < -0.3 is 9.84 Å². The van der Waals surface area contributed by atoms with Gasteiger partial charge in [-0.3, -0.25) is 4.79 Å². The van der Waals surface area contributed by atoms with Crippen molar-refractivity contribution in [3.05, 3.63) is 0 Å². The molecule has 0 aliphatic heterocycles. The lowest BCUT2D eigenvalue weighted by Crippen LogP contribution is -2.09. The number of ether oxygens (including phenoxy) is 1. The van der Waals surface area contributed by atoms with Crippen molar-refractivity contribution in [2.75, 3.05) is 0 Å². The van der Waals surface area contributed by atoms with Crippen LogP contribution in [0.25, 0.3) is 0 Å². The summed E-state index contributed by atoms with van der Waals surface area (Å²) in [6.07, 6.45) is 16.3. The van der Waals surface area contributed by atoms with Gasteiger partial charge in [0, 0.05) is 6.42 Å². The van der Waals surface area contributed by atoms with Crippen LogP contribution in [-0.4, -0.2) is 17.2 Å². The number of esters is 1. The molecule has 0 aromatic heterocycles. The van der Waals surface area contributed by atoms with Crippen LogP contribution in [-0.2, 0) is 9.53 Å². The second kappa shape index (κ2) is 16.3. The van der Waals surface area contributed by atoms with Crippen LogP contribution in [0.4, 0.5) is 4.79 Å². The lowest BCUT2D eigenvalue weighted by atomic mass is 10.0. The van der Waals surface area contributed by atoms with Crippen molar-refractivity contribution in [3.63, 3.8) is 0 Å². The second-order valence-corrected chi connectivity index (χ2v) is 6.09. The predicted octanol–water partition coefficient (Wildman–Crippen LogP) is 6.08. The summed E-state index contributed by atoms with van der Waals surface area (Å²) in [7, 11) is 0. The minimum atomic E-state index is -1.50. The molecule has 0 fully saturated rings. The monoisotopic (exact) mass is 314 g/mol. The highest BCUT2D eigenvalue weighted by Crippen LogP contribution is 2.13. The fourth-order valence-corrected chi connectivity index (χ4v) is 2.61. The molecule has 0 heterocycles. The number of carbonyl (C=O) groups is 2. The Labute approximate surface area is 135 Å². The molecule has 0 atom stereocenters. The van der Waals surface area contributed by atoms with Gasteiger partial charge in [-0.15, -0.1) is 0 Å². The van der Waals surface area contributed by atoms with Gasteiger partial charge in [0.25, 0.3) is 0 Å². The van der Waals surface area contributed by atoms with Crippen molar-refractivity contribution in [2.24, 2.45) is 0 Å². The fourth-order valence-electron chi connectivity index (χ4n) is 2.61. The van der Waals surface area contributed by atoms with Gasteiger partial charge in [0.15, 0.2) is 0 Å². The molecule has 4 heteroatoms. The molecule has 0 saturated heterocycles. The molecule has 0 rings (SSSR count). The third-order valence-electron chi connectivity index (χ3n) is 3.94. The van der Waals surface area contributed by atoms with Gasteiger partial charge >= 0.3 is 12.1 Å². The maximum Gasteiger partial charge on any atom is 0.513 e. The Bertz CT molecular complexity index is 276. The minimum absolute atomic E-state index is 0.213. The highest BCUT2D eigenvalue weighted by Gasteiger charge is 2.07. The predicted molar refractivity (Wildman–Crippen MR) is 89.0 cm³/mol. The second-order valence-electron chi connectivity index (χ2n) is 6.09. The van der Waals surface area contributed by atoms with E-state index < -0.39 is 12.1 Å². The fraction of sp³-hybridized carbons (Fsp3) is 0.889. The number of carboxylic acid groups (broad SMARTS) is 1. The number of rotatable bonds is 15. The highest BCUT2D eigenvalue weighted by molar-refractivity contribution is 5.80. The zero-order valence-corrected chi connectivity index (χ0v) is 14.3. The molecular formula is C18H34O4.